The number of benzene rings is 1. The molecule has 1 heterocycles. The molecule has 1 aromatic carbocycles. The lowest BCUT2D eigenvalue weighted by atomic mass is 10.3. The molecule has 1 N–H and O–H groups in total. The Bertz CT molecular complexity index is 559. The summed E-state index contributed by atoms with van der Waals surface area (Å²) in [7, 11) is 0. The fraction of sp³-hybridized carbons (Fsp3) is 0.100. The van der Waals surface area contributed by atoms with Crippen molar-refractivity contribution < 1.29 is 4.39 Å². The Morgan fingerprint density at radius 2 is 2.20 bits per heavy atom. The van der Waals surface area contributed by atoms with E-state index in [4.69, 9.17) is 12.2 Å². The minimum atomic E-state index is -0.298. The first kappa shape index (κ1) is 10.6. The summed E-state index contributed by atoms with van der Waals surface area (Å²) in [6.45, 7) is 1.88. The van der Waals surface area contributed by atoms with E-state index in [1.165, 1.54) is 6.07 Å². The largest absolute Gasteiger partial charge is 0.335 e. The molecular formula is C10H8BrFN2S. The number of hydrogen-bond donors (Lipinski definition) is 1. The third-order valence-electron chi connectivity index (χ3n) is 2.01. The zero-order chi connectivity index (χ0) is 11.0. The van der Waals surface area contributed by atoms with E-state index in [9.17, 15) is 4.39 Å². The van der Waals surface area contributed by atoms with Crippen LogP contribution in [0.15, 0.2) is 28.9 Å². The van der Waals surface area contributed by atoms with Crippen LogP contribution in [0, 0.1) is 17.5 Å². The van der Waals surface area contributed by atoms with Crippen LogP contribution in [0.3, 0.4) is 0 Å². The average Bonchev–Trinajstić information content (AvgIpc) is 2.50. The SMILES string of the molecule is Cc1cn(-c2cc(Br)ccc2F)c(=S)[nH]1. The second kappa shape index (κ2) is 3.90. The molecule has 1 aromatic heterocycles. The third-order valence-corrected chi connectivity index (χ3v) is 2.81. The highest BCUT2D eigenvalue weighted by molar-refractivity contribution is 9.10. The predicted octanol–water partition coefficient (Wildman–Crippen LogP) is 3.74. The van der Waals surface area contributed by atoms with Crippen LogP contribution in [-0.4, -0.2) is 9.55 Å². The van der Waals surface area contributed by atoms with Crippen molar-refractivity contribution in [3.8, 4) is 5.69 Å². The second-order valence-corrected chi connectivity index (χ2v) is 4.51. The Morgan fingerprint density at radius 1 is 1.47 bits per heavy atom. The fourth-order valence-electron chi connectivity index (χ4n) is 1.36. The van der Waals surface area contributed by atoms with E-state index in [2.05, 4.69) is 20.9 Å². The van der Waals surface area contributed by atoms with Crippen molar-refractivity contribution in [2.75, 3.05) is 0 Å². The number of aryl methyl sites for hydroxylation is 1. The molecule has 0 aliphatic heterocycles. The van der Waals surface area contributed by atoms with Crippen LogP contribution < -0.4 is 0 Å². The van der Waals surface area contributed by atoms with Crippen LogP contribution in [0.4, 0.5) is 4.39 Å². The zero-order valence-corrected chi connectivity index (χ0v) is 10.3. The Balaban J connectivity index is 2.68. The molecule has 15 heavy (non-hydrogen) atoms. The summed E-state index contributed by atoms with van der Waals surface area (Å²) in [4.78, 5) is 2.95. The summed E-state index contributed by atoms with van der Waals surface area (Å²) < 4.78 is 16.5. The Labute approximate surface area is 99.9 Å². The normalized spacial score (nSPS) is 10.6. The number of nitrogens with one attached hydrogen (secondary N) is 1. The number of aromatic nitrogens is 2. The molecule has 2 aromatic rings. The molecule has 0 saturated carbocycles. The standard InChI is InChI=1S/C10H8BrFN2S/c1-6-5-14(10(15)13-6)9-4-7(11)2-3-8(9)12/h2-5H,1H3,(H,13,15). The van der Waals surface area contributed by atoms with E-state index in [0.717, 1.165) is 10.2 Å². The minimum Gasteiger partial charge on any atom is -0.335 e. The van der Waals surface area contributed by atoms with Gasteiger partial charge in [0.15, 0.2) is 4.77 Å². The molecule has 5 heteroatoms. The van der Waals surface area contributed by atoms with Gasteiger partial charge >= 0.3 is 0 Å². The van der Waals surface area contributed by atoms with Gasteiger partial charge in [-0.25, -0.2) is 4.39 Å². The average molecular weight is 287 g/mol. The van der Waals surface area contributed by atoms with Crippen LogP contribution in [0.25, 0.3) is 5.69 Å². The lowest BCUT2D eigenvalue weighted by Gasteiger charge is -2.04. The number of rotatable bonds is 1. The maximum atomic E-state index is 13.5. The Kier molecular flexibility index (Phi) is 2.75. The fourth-order valence-corrected chi connectivity index (χ4v) is 2.02. The van der Waals surface area contributed by atoms with Crippen molar-refractivity contribution in [1.82, 2.24) is 9.55 Å². The summed E-state index contributed by atoms with van der Waals surface area (Å²) in [6.07, 6.45) is 1.77. The summed E-state index contributed by atoms with van der Waals surface area (Å²) in [5.74, 6) is -0.298. The monoisotopic (exact) mass is 286 g/mol. The maximum absolute atomic E-state index is 13.5. The molecule has 2 rings (SSSR count). The van der Waals surface area contributed by atoms with Gasteiger partial charge in [0.05, 0.1) is 5.69 Å². The van der Waals surface area contributed by atoms with Crippen molar-refractivity contribution in [3.63, 3.8) is 0 Å². The van der Waals surface area contributed by atoms with Crippen LogP contribution in [0.5, 0.6) is 0 Å². The summed E-state index contributed by atoms with van der Waals surface area (Å²) in [6, 6.07) is 4.75. The number of aromatic amines is 1. The number of H-pyrrole nitrogens is 1. The van der Waals surface area contributed by atoms with Crippen molar-refractivity contribution in [3.05, 3.63) is 45.2 Å². The van der Waals surface area contributed by atoms with Gasteiger partial charge in [0.25, 0.3) is 0 Å². The molecule has 2 nitrogen and oxygen atoms in total. The number of imidazole rings is 1. The second-order valence-electron chi connectivity index (χ2n) is 3.21. The first-order valence-corrected chi connectivity index (χ1v) is 5.52. The van der Waals surface area contributed by atoms with Gasteiger partial charge in [0.2, 0.25) is 0 Å². The summed E-state index contributed by atoms with van der Waals surface area (Å²) >= 11 is 8.38. The van der Waals surface area contributed by atoms with E-state index >= 15 is 0 Å². The van der Waals surface area contributed by atoms with Gasteiger partial charge in [-0.3, -0.25) is 4.57 Å². The third kappa shape index (κ3) is 2.03. The molecule has 0 bridgehead atoms. The Morgan fingerprint density at radius 3 is 2.80 bits per heavy atom. The lowest BCUT2D eigenvalue weighted by Crippen LogP contribution is -1.96. The minimum absolute atomic E-state index is 0.298. The van der Waals surface area contributed by atoms with Gasteiger partial charge in [-0.05, 0) is 37.3 Å². The molecule has 0 atom stereocenters. The van der Waals surface area contributed by atoms with Crippen LogP contribution in [0.1, 0.15) is 5.69 Å². The van der Waals surface area contributed by atoms with Crippen LogP contribution >= 0.6 is 28.1 Å². The van der Waals surface area contributed by atoms with Gasteiger partial charge in [0, 0.05) is 16.4 Å². The number of nitrogens with zero attached hydrogens (tertiary/aromatic N) is 1. The molecule has 0 aliphatic rings. The lowest BCUT2D eigenvalue weighted by molar-refractivity contribution is 0.617. The highest BCUT2D eigenvalue weighted by Gasteiger charge is 2.06. The van der Waals surface area contributed by atoms with E-state index in [1.807, 2.05) is 6.92 Å². The molecule has 0 unspecified atom stereocenters. The molecule has 0 amide bonds. The van der Waals surface area contributed by atoms with Crippen molar-refractivity contribution in [1.29, 1.82) is 0 Å². The molecule has 0 radical (unpaired) electrons. The van der Waals surface area contributed by atoms with E-state index < -0.39 is 0 Å². The van der Waals surface area contributed by atoms with Crippen molar-refractivity contribution in [2.45, 2.75) is 6.92 Å². The maximum Gasteiger partial charge on any atom is 0.182 e. The van der Waals surface area contributed by atoms with E-state index in [0.29, 0.717) is 10.5 Å². The van der Waals surface area contributed by atoms with E-state index in [-0.39, 0.29) is 5.82 Å². The van der Waals surface area contributed by atoms with Crippen LogP contribution in [-0.2, 0) is 0 Å². The quantitative estimate of drug-likeness (QED) is 0.792. The summed E-state index contributed by atoms with van der Waals surface area (Å²) in [5.41, 5.74) is 1.35. The van der Waals surface area contributed by atoms with Crippen LogP contribution in [0.2, 0.25) is 0 Å². The predicted molar refractivity (Wildman–Crippen MR) is 63.3 cm³/mol. The summed E-state index contributed by atoms with van der Waals surface area (Å²) in [5, 5.41) is 0. The topological polar surface area (TPSA) is 20.7 Å². The molecule has 0 saturated heterocycles. The molecular weight excluding hydrogens is 279 g/mol. The van der Waals surface area contributed by atoms with Gasteiger partial charge in [0.1, 0.15) is 5.82 Å². The van der Waals surface area contributed by atoms with Crippen molar-refractivity contribution >= 4 is 28.1 Å². The molecule has 0 aliphatic carbocycles. The van der Waals surface area contributed by atoms with Gasteiger partial charge in [-0.2, -0.15) is 0 Å². The number of hydrogen-bond acceptors (Lipinski definition) is 1. The first-order valence-electron chi connectivity index (χ1n) is 4.31. The van der Waals surface area contributed by atoms with E-state index in [1.54, 1.807) is 22.9 Å². The Hall–Kier alpha value is -0.940. The smallest absolute Gasteiger partial charge is 0.182 e. The molecule has 78 valence electrons. The highest BCUT2D eigenvalue weighted by Crippen LogP contribution is 2.19. The first-order chi connectivity index (χ1) is 7.08. The van der Waals surface area contributed by atoms with Gasteiger partial charge in [-0.1, -0.05) is 15.9 Å². The zero-order valence-electron chi connectivity index (χ0n) is 7.92. The van der Waals surface area contributed by atoms with Gasteiger partial charge < -0.3 is 4.98 Å². The highest BCUT2D eigenvalue weighted by atomic mass is 79.9. The molecule has 0 fully saturated rings. The molecule has 0 spiro atoms. The van der Waals surface area contributed by atoms with Gasteiger partial charge in [-0.15, -0.1) is 0 Å². The van der Waals surface area contributed by atoms with Crippen molar-refractivity contribution in [2.24, 2.45) is 0 Å². The number of halogens is 2.